The summed E-state index contributed by atoms with van der Waals surface area (Å²) in [5.74, 6) is -0.440. The van der Waals surface area contributed by atoms with E-state index in [0.29, 0.717) is 19.3 Å². The summed E-state index contributed by atoms with van der Waals surface area (Å²) in [5.41, 5.74) is 4.89. The number of carbonyl (C=O) groups excluding carboxylic acids is 2. The van der Waals surface area contributed by atoms with Crippen LogP contribution in [0.2, 0.25) is 0 Å². The lowest BCUT2D eigenvalue weighted by molar-refractivity contribution is -0.119. The van der Waals surface area contributed by atoms with Gasteiger partial charge in [-0.2, -0.15) is 0 Å². The fourth-order valence-corrected chi connectivity index (χ4v) is 0.612. The summed E-state index contributed by atoms with van der Waals surface area (Å²) in [5, 5.41) is 2.44. The van der Waals surface area contributed by atoms with Crippen LogP contribution in [0.5, 0.6) is 0 Å². The Morgan fingerprint density at radius 2 is 2.18 bits per heavy atom. The Bertz CT molecular complexity index is 145. The number of nitrogens with two attached hydrogens (primary N) is 1. The number of unbranched alkanes of at least 4 members (excludes halogenated alkanes) is 1. The van der Waals surface area contributed by atoms with Gasteiger partial charge in [0.1, 0.15) is 0 Å². The molecule has 1 radical (unpaired) electrons. The lowest BCUT2D eigenvalue weighted by Crippen LogP contribution is -2.18. The zero-order valence-corrected chi connectivity index (χ0v) is 6.59. The molecule has 0 aliphatic rings. The van der Waals surface area contributed by atoms with Gasteiger partial charge in [0.2, 0.25) is 11.8 Å². The van der Waals surface area contributed by atoms with Crippen molar-refractivity contribution in [3.05, 3.63) is 6.42 Å². The van der Waals surface area contributed by atoms with Gasteiger partial charge in [-0.05, 0) is 12.8 Å². The Morgan fingerprint density at radius 3 is 2.64 bits per heavy atom. The molecule has 0 heterocycles. The fourth-order valence-electron chi connectivity index (χ4n) is 0.612. The minimum Gasteiger partial charge on any atom is -0.370 e. The molecule has 0 aromatic heterocycles. The molecule has 4 nitrogen and oxygen atoms in total. The standard InChI is InChI=1S/C7H13N2O2/c1-9-7(11)5-3-2-4-6(8)10/h5H,2-4H2,1H3,(H2,8,10)(H,9,11). The molecule has 0 fully saturated rings. The van der Waals surface area contributed by atoms with Crippen LogP contribution in [0, 0.1) is 6.42 Å². The van der Waals surface area contributed by atoms with E-state index in [0.717, 1.165) is 0 Å². The average molecular weight is 157 g/mol. The molecule has 2 amide bonds. The van der Waals surface area contributed by atoms with Gasteiger partial charge in [0, 0.05) is 19.9 Å². The number of hydrogen-bond donors (Lipinski definition) is 2. The first-order valence-electron chi connectivity index (χ1n) is 3.50. The third kappa shape index (κ3) is 6.83. The topological polar surface area (TPSA) is 72.2 Å². The van der Waals surface area contributed by atoms with Crippen LogP contribution < -0.4 is 11.1 Å². The Labute approximate surface area is 66.1 Å². The van der Waals surface area contributed by atoms with E-state index in [9.17, 15) is 9.59 Å². The molecule has 0 spiro atoms. The highest BCUT2D eigenvalue weighted by molar-refractivity contribution is 5.84. The van der Waals surface area contributed by atoms with E-state index in [1.165, 1.54) is 6.42 Å². The summed E-state index contributed by atoms with van der Waals surface area (Å²) in [6, 6.07) is 0. The van der Waals surface area contributed by atoms with Crippen LogP contribution >= 0.6 is 0 Å². The Hall–Kier alpha value is -1.06. The molecule has 0 unspecified atom stereocenters. The summed E-state index contributed by atoms with van der Waals surface area (Å²) in [4.78, 5) is 20.8. The van der Waals surface area contributed by atoms with E-state index in [4.69, 9.17) is 5.73 Å². The number of hydrogen-bond acceptors (Lipinski definition) is 2. The summed E-state index contributed by atoms with van der Waals surface area (Å²) < 4.78 is 0. The Balaban J connectivity index is 3.14. The van der Waals surface area contributed by atoms with E-state index >= 15 is 0 Å². The molecule has 0 aliphatic heterocycles. The molecular weight excluding hydrogens is 144 g/mol. The highest BCUT2D eigenvalue weighted by Crippen LogP contribution is 1.97. The summed E-state index contributed by atoms with van der Waals surface area (Å²) in [7, 11) is 1.56. The van der Waals surface area contributed by atoms with Crippen LogP contribution in [0.4, 0.5) is 0 Å². The Morgan fingerprint density at radius 1 is 1.55 bits per heavy atom. The molecule has 63 valence electrons. The SMILES string of the molecule is CNC(=O)[CH]CCCC(N)=O. The largest absolute Gasteiger partial charge is 0.370 e. The number of carbonyl (C=O) groups is 2. The number of amides is 2. The van der Waals surface area contributed by atoms with Crippen LogP contribution in [-0.4, -0.2) is 18.9 Å². The molecular formula is C7H13N2O2. The smallest absolute Gasteiger partial charge is 0.223 e. The van der Waals surface area contributed by atoms with Crippen LogP contribution in [-0.2, 0) is 9.59 Å². The monoisotopic (exact) mass is 157 g/mol. The second kappa shape index (κ2) is 5.70. The maximum Gasteiger partial charge on any atom is 0.223 e. The van der Waals surface area contributed by atoms with Crippen molar-refractivity contribution in [3.8, 4) is 0 Å². The van der Waals surface area contributed by atoms with Crippen LogP contribution in [0.25, 0.3) is 0 Å². The molecule has 0 rings (SSSR count). The van der Waals surface area contributed by atoms with E-state index in [1.807, 2.05) is 0 Å². The van der Waals surface area contributed by atoms with Crippen molar-refractivity contribution in [1.82, 2.24) is 5.32 Å². The maximum atomic E-state index is 10.6. The van der Waals surface area contributed by atoms with E-state index in [2.05, 4.69) is 5.32 Å². The highest BCUT2D eigenvalue weighted by atomic mass is 16.1. The molecule has 0 saturated heterocycles. The van der Waals surface area contributed by atoms with Crippen molar-refractivity contribution in [2.75, 3.05) is 7.05 Å². The summed E-state index contributed by atoms with van der Waals surface area (Å²) in [6.07, 6.45) is 3.09. The van der Waals surface area contributed by atoms with Crippen molar-refractivity contribution in [2.45, 2.75) is 19.3 Å². The third-order valence-electron chi connectivity index (χ3n) is 1.20. The lowest BCUT2D eigenvalue weighted by Gasteiger charge is -1.96. The maximum absolute atomic E-state index is 10.6. The van der Waals surface area contributed by atoms with Crippen molar-refractivity contribution < 1.29 is 9.59 Å². The second-order valence-electron chi connectivity index (χ2n) is 2.18. The third-order valence-corrected chi connectivity index (χ3v) is 1.20. The number of primary amides is 1. The van der Waals surface area contributed by atoms with Crippen molar-refractivity contribution in [2.24, 2.45) is 5.73 Å². The molecule has 0 saturated carbocycles. The predicted octanol–water partition coefficient (Wildman–Crippen LogP) is -0.408. The molecule has 0 aromatic carbocycles. The van der Waals surface area contributed by atoms with Crippen LogP contribution in [0.1, 0.15) is 19.3 Å². The normalized spacial score (nSPS) is 9.18. The first kappa shape index (κ1) is 9.94. The van der Waals surface area contributed by atoms with Gasteiger partial charge < -0.3 is 11.1 Å². The molecule has 0 aliphatic carbocycles. The summed E-state index contributed by atoms with van der Waals surface area (Å²) in [6.45, 7) is 0. The van der Waals surface area contributed by atoms with E-state index in [-0.39, 0.29) is 11.8 Å². The van der Waals surface area contributed by atoms with Crippen molar-refractivity contribution in [3.63, 3.8) is 0 Å². The van der Waals surface area contributed by atoms with Gasteiger partial charge in [-0.15, -0.1) is 0 Å². The molecule has 11 heavy (non-hydrogen) atoms. The Kier molecular flexibility index (Phi) is 5.15. The molecule has 3 N–H and O–H groups in total. The molecule has 4 heteroatoms. The number of nitrogens with one attached hydrogen (secondary N) is 1. The summed E-state index contributed by atoms with van der Waals surface area (Å²) >= 11 is 0. The average Bonchev–Trinajstić information content (AvgIpc) is 1.97. The zero-order chi connectivity index (χ0) is 8.69. The first-order valence-corrected chi connectivity index (χ1v) is 3.50. The van der Waals surface area contributed by atoms with Crippen LogP contribution in [0.3, 0.4) is 0 Å². The fraction of sp³-hybridized carbons (Fsp3) is 0.571. The van der Waals surface area contributed by atoms with Gasteiger partial charge in [0.25, 0.3) is 0 Å². The molecule has 0 atom stereocenters. The van der Waals surface area contributed by atoms with Gasteiger partial charge in [-0.1, -0.05) is 0 Å². The first-order chi connectivity index (χ1) is 5.16. The highest BCUT2D eigenvalue weighted by Gasteiger charge is 1.99. The minimum absolute atomic E-state index is 0.116. The van der Waals surface area contributed by atoms with Gasteiger partial charge in [0.15, 0.2) is 0 Å². The molecule has 0 aromatic rings. The molecule has 0 bridgehead atoms. The predicted molar refractivity (Wildman–Crippen MR) is 41.4 cm³/mol. The lowest BCUT2D eigenvalue weighted by atomic mass is 10.2. The van der Waals surface area contributed by atoms with Crippen molar-refractivity contribution in [1.29, 1.82) is 0 Å². The number of rotatable bonds is 5. The van der Waals surface area contributed by atoms with Crippen LogP contribution in [0.15, 0.2) is 0 Å². The quantitative estimate of drug-likeness (QED) is 0.532. The van der Waals surface area contributed by atoms with Crippen molar-refractivity contribution >= 4 is 11.8 Å². The second-order valence-corrected chi connectivity index (χ2v) is 2.18. The van der Waals surface area contributed by atoms with Gasteiger partial charge >= 0.3 is 0 Å². The van der Waals surface area contributed by atoms with Gasteiger partial charge in [-0.3, -0.25) is 9.59 Å². The van der Waals surface area contributed by atoms with E-state index in [1.54, 1.807) is 7.05 Å². The van der Waals surface area contributed by atoms with Gasteiger partial charge in [-0.25, -0.2) is 0 Å². The minimum atomic E-state index is -0.324. The van der Waals surface area contributed by atoms with Gasteiger partial charge in [0.05, 0.1) is 0 Å². The zero-order valence-electron chi connectivity index (χ0n) is 6.59. The van der Waals surface area contributed by atoms with E-state index < -0.39 is 0 Å².